The van der Waals surface area contributed by atoms with Crippen molar-refractivity contribution in [1.82, 2.24) is 4.90 Å². The predicted octanol–water partition coefficient (Wildman–Crippen LogP) is 2.51. The van der Waals surface area contributed by atoms with Crippen LogP contribution >= 0.6 is 12.6 Å². The lowest BCUT2D eigenvalue weighted by Gasteiger charge is -2.43. The summed E-state index contributed by atoms with van der Waals surface area (Å²) in [4.78, 5) is 26.5. The zero-order valence-corrected chi connectivity index (χ0v) is 12.7. The van der Waals surface area contributed by atoms with E-state index < -0.39 is 5.97 Å². The zero-order chi connectivity index (χ0) is 15.0. The van der Waals surface area contributed by atoms with Gasteiger partial charge in [-0.3, -0.25) is 4.79 Å². The molecule has 2 unspecified atom stereocenters. The van der Waals surface area contributed by atoms with E-state index in [-0.39, 0.29) is 24.5 Å². The number of carbonyl (C=O) groups is 2. The van der Waals surface area contributed by atoms with Crippen LogP contribution in [0.1, 0.15) is 25.3 Å². The van der Waals surface area contributed by atoms with Gasteiger partial charge in [0.05, 0.1) is 12.0 Å². The highest BCUT2D eigenvalue weighted by Crippen LogP contribution is 2.44. The van der Waals surface area contributed by atoms with E-state index in [0.717, 1.165) is 12.0 Å². The third kappa shape index (κ3) is 2.35. The number of hydrogen-bond donors (Lipinski definition) is 1. The Morgan fingerprint density at radius 1 is 1.38 bits per heavy atom. The van der Waals surface area contributed by atoms with E-state index in [9.17, 15) is 9.59 Å². The minimum absolute atomic E-state index is 0.0122. The molecule has 0 bridgehead atoms. The number of amides is 1. The van der Waals surface area contributed by atoms with E-state index in [1.54, 1.807) is 4.90 Å². The van der Waals surface area contributed by atoms with Crippen molar-refractivity contribution in [2.75, 3.05) is 0 Å². The summed E-state index contributed by atoms with van der Waals surface area (Å²) in [5.74, 6) is -0.431. The summed E-state index contributed by atoms with van der Waals surface area (Å²) in [7, 11) is 0. The molecular formula is C16H17NO3S. The van der Waals surface area contributed by atoms with Gasteiger partial charge in [0.15, 0.2) is 0 Å². The fourth-order valence-electron chi connectivity index (χ4n) is 3.00. The van der Waals surface area contributed by atoms with Gasteiger partial charge in [0.2, 0.25) is 5.91 Å². The van der Waals surface area contributed by atoms with E-state index in [1.165, 1.54) is 0 Å². The Kier molecular flexibility index (Phi) is 3.76. The molecule has 110 valence electrons. The number of carbonyl (C=O) groups excluding carboxylic acids is 2. The Balaban J connectivity index is 1.68. The number of β-lactam (4-membered cyclic amide) rings is 1. The zero-order valence-electron chi connectivity index (χ0n) is 11.8. The van der Waals surface area contributed by atoms with Crippen molar-refractivity contribution >= 4 is 24.5 Å². The minimum Gasteiger partial charge on any atom is -0.456 e. The molecule has 1 amide bonds. The van der Waals surface area contributed by atoms with Crippen LogP contribution in [0.3, 0.4) is 0 Å². The van der Waals surface area contributed by atoms with Crippen molar-refractivity contribution in [2.24, 2.45) is 5.92 Å². The summed E-state index contributed by atoms with van der Waals surface area (Å²) in [5.41, 5.74) is 1.25. The predicted molar refractivity (Wildman–Crippen MR) is 81.3 cm³/mol. The quantitative estimate of drug-likeness (QED) is 0.528. The van der Waals surface area contributed by atoms with Crippen molar-refractivity contribution in [3.63, 3.8) is 0 Å². The first-order valence-corrected chi connectivity index (χ1v) is 7.54. The lowest BCUT2D eigenvalue weighted by molar-refractivity contribution is -0.157. The Morgan fingerprint density at radius 3 is 2.76 bits per heavy atom. The van der Waals surface area contributed by atoms with Crippen LogP contribution in [0.25, 0.3) is 0 Å². The number of nitrogens with zero attached hydrogens (tertiary/aromatic N) is 1. The molecule has 2 aliphatic rings. The van der Waals surface area contributed by atoms with E-state index in [2.05, 4.69) is 12.6 Å². The molecule has 2 atom stereocenters. The Bertz CT molecular complexity index is 611. The van der Waals surface area contributed by atoms with Gasteiger partial charge in [-0.2, -0.15) is 0 Å². The van der Waals surface area contributed by atoms with Gasteiger partial charge in [-0.05, 0) is 12.0 Å². The van der Waals surface area contributed by atoms with Gasteiger partial charge in [0.25, 0.3) is 0 Å². The van der Waals surface area contributed by atoms with Gasteiger partial charge in [-0.15, -0.1) is 12.6 Å². The first-order chi connectivity index (χ1) is 10.1. The minimum atomic E-state index is -0.464. The molecule has 1 aromatic rings. The topological polar surface area (TPSA) is 46.6 Å². The summed E-state index contributed by atoms with van der Waals surface area (Å²) in [5, 5.41) is 0. The van der Waals surface area contributed by atoms with E-state index in [1.807, 2.05) is 37.3 Å². The highest BCUT2D eigenvalue weighted by atomic mass is 32.1. The molecule has 0 aliphatic carbocycles. The van der Waals surface area contributed by atoms with E-state index in [0.29, 0.717) is 17.0 Å². The second-order valence-corrected chi connectivity index (χ2v) is 5.89. The molecule has 2 heterocycles. The number of rotatable bonds is 4. The molecule has 0 spiro atoms. The molecule has 0 N–H and O–H groups in total. The second kappa shape index (κ2) is 5.56. The smallest absolute Gasteiger partial charge is 0.356 e. The molecule has 21 heavy (non-hydrogen) atoms. The molecule has 5 heteroatoms. The lowest BCUT2D eigenvalue weighted by Crippen LogP contribution is -2.58. The average molecular weight is 303 g/mol. The fraction of sp³-hybridized carbons (Fsp3) is 0.375. The van der Waals surface area contributed by atoms with Crippen molar-refractivity contribution in [2.45, 2.75) is 32.4 Å². The first kappa shape index (κ1) is 14.2. The number of fused-ring (bicyclic) bond motifs is 1. The summed E-state index contributed by atoms with van der Waals surface area (Å²) < 4.78 is 5.31. The summed E-state index contributed by atoms with van der Waals surface area (Å²) in [6, 6.07) is 9.57. The molecule has 0 radical (unpaired) electrons. The third-order valence-corrected chi connectivity index (χ3v) is 4.51. The van der Waals surface area contributed by atoms with Crippen molar-refractivity contribution in [1.29, 1.82) is 0 Å². The standard InChI is InChI=1S/C16H17NO3S/c1-2-11-12-8-13(21)14(17(12)15(11)18)16(19)20-9-10-6-4-3-5-7-10/h3-7,11-12,21H,2,8-9H2,1H3. The monoisotopic (exact) mass is 303 g/mol. The summed E-state index contributed by atoms with van der Waals surface area (Å²) in [6.45, 7) is 2.19. The second-order valence-electron chi connectivity index (χ2n) is 5.35. The first-order valence-electron chi connectivity index (χ1n) is 7.09. The third-order valence-electron chi connectivity index (χ3n) is 4.11. The van der Waals surface area contributed by atoms with Crippen LogP contribution in [0.2, 0.25) is 0 Å². The summed E-state index contributed by atoms with van der Waals surface area (Å²) >= 11 is 4.37. The SMILES string of the molecule is CCC1C(=O)N2C(C(=O)OCc3ccccc3)=C(S)CC12. The normalized spacial score (nSPS) is 23.9. The van der Waals surface area contributed by atoms with Crippen molar-refractivity contribution in [3.05, 3.63) is 46.5 Å². The summed E-state index contributed by atoms with van der Waals surface area (Å²) in [6.07, 6.45) is 1.45. The maximum atomic E-state index is 12.2. The number of benzene rings is 1. The van der Waals surface area contributed by atoms with Gasteiger partial charge in [-0.25, -0.2) is 4.79 Å². The van der Waals surface area contributed by atoms with Crippen LogP contribution in [0.5, 0.6) is 0 Å². The van der Waals surface area contributed by atoms with Crippen molar-refractivity contribution in [3.8, 4) is 0 Å². The van der Waals surface area contributed by atoms with Crippen molar-refractivity contribution < 1.29 is 14.3 Å². The highest BCUT2D eigenvalue weighted by molar-refractivity contribution is 7.84. The highest BCUT2D eigenvalue weighted by Gasteiger charge is 2.53. The van der Waals surface area contributed by atoms with Gasteiger partial charge < -0.3 is 9.64 Å². The van der Waals surface area contributed by atoms with Gasteiger partial charge in [-0.1, -0.05) is 37.3 Å². The number of thiol groups is 1. The molecule has 4 nitrogen and oxygen atoms in total. The molecular weight excluding hydrogens is 286 g/mol. The Labute approximate surface area is 129 Å². The van der Waals surface area contributed by atoms with Crippen LogP contribution in [0, 0.1) is 5.92 Å². The van der Waals surface area contributed by atoms with Crippen LogP contribution in [0.15, 0.2) is 40.9 Å². The van der Waals surface area contributed by atoms with Crippen LogP contribution in [0.4, 0.5) is 0 Å². The van der Waals surface area contributed by atoms with Crippen LogP contribution in [-0.4, -0.2) is 22.8 Å². The molecule has 1 saturated heterocycles. The molecule has 0 aromatic heterocycles. The van der Waals surface area contributed by atoms with E-state index in [4.69, 9.17) is 4.74 Å². The maximum Gasteiger partial charge on any atom is 0.356 e. The van der Waals surface area contributed by atoms with Gasteiger partial charge in [0.1, 0.15) is 12.3 Å². The molecule has 2 aliphatic heterocycles. The van der Waals surface area contributed by atoms with E-state index >= 15 is 0 Å². The molecule has 0 saturated carbocycles. The number of hydrogen-bond acceptors (Lipinski definition) is 4. The van der Waals surface area contributed by atoms with Gasteiger partial charge in [0, 0.05) is 11.3 Å². The van der Waals surface area contributed by atoms with Gasteiger partial charge >= 0.3 is 5.97 Å². The number of esters is 1. The molecule has 1 fully saturated rings. The largest absolute Gasteiger partial charge is 0.456 e. The Morgan fingerprint density at radius 2 is 2.10 bits per heavy atom. The lowest BCUT2D eigenvalue weighted by atomic mass is 9.85. The fourth-order valence-corrected chi connectivity index (χ4v) is 3.39. The van der Waals surface area contributed by atoms with Crippen LogP contribution in [-0.2, 0) is 20.9 Å². The number of ether oxygens (including phenoxy) is 1. The average Bonchev–Trinajstić information content (AvgIpc) is 2.80. The molecule has 3 rings (SSSR count). The molecule has 1 aromatic carbocycles. The van der Waals surface area contributed by atoms with Crippen LogP contribution < -0.4 is 0 Å². The Hall–Kier alpha value is -1.75. The maximum absolute atomic E-state index is 12.2.